The van der Waals surface area contributed by atoms with Gasteiger partial charge in [0.1, 0.15) is 0 Å². The van der Waals surface area contributed by atoms with E-state index >= 15 is 0 Å². The Morgan fingerprint density at radius 1 is 0.444 bits per heavy atom. The standard InChI is InChI=1S/C27H56/c1-10-11-15-25(7)26(8)16-13-12-14-22(4)19-23(5)17-18-24(6)20-27(9)21(2)3/h21-27H,10-20H2,1-9H3. The monoisotopic (exact) mass is 380 g/mol. The maximum atomic E-state index is 2.49. The van der Waals surface area contributed by atoms with E-state index in [9.17, 15) is 0 Å². The molecule has 164 valence electrons. The van der Waals surface area contributed by atoms with Crippen molar-refractivity contribution in [3.8, 4) is 0 Å². The van der Waals surface area contributed by atoms with E-state index < -0.39 is 0 Å². The Morgan fingerprint density at radius 3 is 1.41 bits per heavy atom. The van der Waals surface area contributed by atoms with Crippen LogP contribution in [0, 0.1) is 41.4 Å². The highest BCUT2D eigenvalue weighted by atomic mass is 14.2. The summed E-state index contributed by atoms with van der Waals surface area (Å²) in [6.45, 7) is 21.9. The van der Waals surface area contributed by atoms with Gasteiger partial charge in [0.25, 0.3) is 0 Å². The molecule has 0 aromatic rings. The van der Waals surface area contributed by atoms with Gasteiger partial charge in [-0.25, -0.2) is 0 Å². The topological polar surface area (TPSA) is 0 Å². The Kier molecular flexibility index (Phi) is 15.9. The second-order valence-electron chi connectivity index (χ2n) is 11.0. The smallest absolute Gasteiger partial charge is 0.0417 e. The molecule has 0 aliphatic carbocycles. The molecule has 0 heterocycles. The van der Waals surface area contributed by atoms with E-state index in [0.29, 0.717) is 0 Å². The zero-order valence-corrected chi connectivity index (χ0v) is 20.8. The van der Waals surface area contributed by atoms with Gasteiger partial charge in [-0.05, 0) is 54.3 Å². The van der Waals surface area contributed by atoms with Gasteiger partial charge < -0.3 is 0 Å². The number of rotatable bonds is 17. The SMILES string of the molecule is CCCCC(C)C(C)CCCCC(C)CC(C)CCC(C)CC(C)C(C)C. The number of hydrogen-bond acceptors (Lipinski definition) is 0. The normalized spacial score (nSPS) is 18.9. The summed E-state index contributed by atoms with van der Waals surface area (Å²) in [6.07, 6.45) is 15.7. The highest BCUT2D eigenvalue weighted by Gasteiger charge is 2.15. The van der Waals surface area contributed by atoms with Gasteiger partial charge in [-0.15, -0.1) is 0 Å². The van der Waals surface area contributed by atoms with Crippen LogP contribution in [-0.4, -0.2) is 0 Å². The summed E-state index contributed by atoms with van der Waals surface area (Å²) in [6, 6.07) is 0. The lowest BCUT2D eigenvalue weighted by atomic mass is 9.83. The van der Waals surface area contributed by atoms with E-state index in [1.165, 1.54) is 70.6 Å². The average molecular weight is 381 g/mol. The molecule has 0 aromatic carbocycles. The summed E-state index contributed by atoms with van der Waals surface area (Å²) in [4.78, 5) is 0. The van der Waals surface area contributed by atoms with Crippen molar-refractivity contribution in [1.82, 2.24) is 0 Å². The quantitative estimate of drug-likeness (QED) is 0.220. The second kappa shape index (κ2) is 15.9. The van der Waals surface area contributed by atoms with Gasteiger partial charge in [0.05, 0.1) is 0 Å². The van der Waals surface area contributed by atoms with Gasteiger partial charge in [0.15, 0.2) is 0 Å². The lowest BCUT2D eigenvalue weighted by Gasteiger charge is -2.23. The fraction of sp³-hybridized carbons (Fsp3) is 1.00. The second-order valence-corrected chi connectivity index (χ2v) is 11.0. The predicted molar refractivity (Wildman–Crippen MR) is 126 cm³/mol. The fourth-order valence-electron chi connectivity index (χ4n) is 4.57. The molecule has 0 spiro atoms. The van der Waals surface area contributed by atoms with E-state index in [-0.39, 0.29) is 0 Å². The van der Waals surface area contributed by atoms with Gasteiger partial charge in [-0.3, -0.25) is 0 Å². The van der Waals surface area contributed by atoms with Crippen LogP contribution in [0.5, 0.6) is 0 Å². The first kappa shape index (κ1) is 27.0. The van der Waals surface area contributed by atoms with Crippen molar-refractivity contribution in [2.75, 3.05) is 0 Å². The Balaban J connectivity index is 3.81. The summed E-state index contributed by atoms with van der Waals surface area (Å²) in [5.41, 5.74) is 0. The van der Waals surface area contributed by atoms with Crippen molar-refractivity contribution in [3.05, 3.63) is 0 Å². The van der Waals surface area contributed by atoms with Crippen LogP contribution in [0.1, 0.15) is 133 Å². The largest absolute Gasteiger partial charge is 0.0654 e. The Morgan fingerprint density at radius 2 is 0.889 bits per heavy atom. The van der Waals surface area contributed by atoms with Crippen LogP contribution in [0.15, 0.2) is 0 Å². The zero-order chi connectivity index (χ0) is 20.8. The summed E-state index contributed by atoms with van der Waals surface area (Å²) in [5.74, 6) is 6.27. The maximum absolute atomic E-state index is 2.49. The highest BCUT2D eigenvalue weighted by molar-refractivity contribution is 4.67. The molecule has 0 saturated carbocycles. The molecule has 0 bridgehead atoms. The molecule has 0 saturated heterocycles. The Labute approximate surface area is 174 Å². The van der Waals surface area contributed by atoms with Crippen LogP contribution >= 0.6 is 0 Å². The first-order valence-corrected chi connectivity index (χ1v) is 12.7. The summed E-state index contributed by atoms with van der Waals surface area (Å²) < 4.78 is 0. The zero-order valence-electron chi connectivity index (χ0n) is 20.8. The fourth-order valence-corrected chi connectivity index (χ4v) is 4.57. The molecule has 6 unspecified atom stereocenters. The van der Waals surface area contributed by atoms with Crippen LogP contribution in [0.25, 0.3) is 0 Å². The molecule has 0 fully saturated rings. The highest BCUT2D eigenvalue weighted by Crippen LogP contribution is 2.28. The van der Waals surface area contributed by atoms with Gasteiger partial charge in [0, 0.05) is 0 Å². The van der Waals surface area contributed by atoms with E-state index in [4.69, 9.17) is 0 Å². The van der Waals surface area contributed by atoms with Crippen molar-refractivity contribution in [3.63, 3.8) is 0 Å². The molecular weight excluding hydrogens is 324 g/mol. The van der Waals surface area contributed by atoms with E-state index in [1.807, 2.05) is 0 Å². The van der Waals surface area contributed by atoms with Crippen molar-refractivity contribution >= 4 is 0 Å². The average Bonchev–Trinajstić information content (AvgIpc) is 2.61. The molecular formula is C27H56. The summed E-state index contributed by atoms with van der Waals surface area (Å²) >= 11 is 0. The van der Waals surface area contributed by atoms with E-state index in [0.717, 1.165) is 41.4 Å². The van der Waals surface area contributed by atoms with Crippen molar-refractivity contribution in [2.45, 2.75) is 133 Å². The molecule has 0 nitrogen and oxygen atoms in total. The van der Waals surface area contributed by atoms with Crippen LogP contribution < -0.4 is 0 Å². The molecule has 0 aliphatic heterocycles. The third-order valence-corrected chi connectivity index (χ3v) is 7.46. The first-order chi connectivity index (χ1) is 12.7. The van der Waals surface area contributed by atoms with E-state index in [1.54, 1.807) is 0 Å². The molecule has 0 rings (SSSR count). The minimum atomic E-state index is 0.835. The summed E-state index contributed by atoms with van der Waals surface area (Å²) in [5, 5.41) is 0. The van der Waals surface area contributed by atoms with Crippen LogP contribution in [0.4, 0.5) is 0 Å². The van der Waals surface area contributed by atoms with Gasteiger partial charge in [-0.2, -0.15) is 0 Å². The molecule has 0 aromatic heterocycles. The van der Waals surface area contributed by atoms with Crippen molar-refractivity contribution in [2.24, 2.45) is 41.4 Å². The lowest BCUT2D eigenvalue weighted by Crippen LogP contribution is -2.11. The van der Waals surface area contributed by atoms with Gasteiger partial charge in [-0.1, -0.05) is 120 Å². The Hall–Kier alpha value is 0. The van der Waals surface area contributed by atoms with Crippen LogP contribution in [-0.2, 0) is 0 Å². The summed E-state index contributed by atoms with van der Waals surface area (Å²) in [7, 11) is 0. The first-order valence-electron chi connectivity index (χ1n) is 12.7. The molecule has 27 heavy (non-hydrogen) atoms. The van der Waals surface area contributed by atoms with Crippen LogP contribution in [0.2, 0.25) is 0 Å². The molecule has 0 aliphatic rings. The third kappa shape index (κ3) is 14.6. The van der Waals surface area contributed by atoms with Gasteiger partial charge >= 0.3 is 0 Å². The third-order valence-electron chi connectivity index (χ3n) is 7.46. The molecule has 0 radical (unpaired) electrons. The van der Waals surface area contributed by atoms with E-state index in [2.05, 4.69) is 62.3 Å². The van der Waals surface area contributed by atoms with Crippen molar-refractivity contribution < 1.29 is 0 Å². The van der Waals surface area contributed by atoms with Gasteiger partial charge in [0.2, 0.25) is 0 Å². The molecule has 0 N–H and O–H groups in total. The number of unbranched alkanes of at least 4 members (excludes halogenated alkanes) is 2. The van der Waals surface area contributed by atoms with Crippen molar-refractivity contribution in [1.29, 1.82) is 0 Å². The molecule has 0 heteroatoms. The lowest BCUT2D eigenvalue weighted by molar-refractivity contribution is 0.289. The Bertz CT molecular complexity index is 318. The minimum absolute atomic E-state index is 0.835. The minimum Gasteiger partial charge on any atom is -0.0654 e. The maximum Gasteiger partial charge on any atom is -0.0417 e. The predicted octanol–water partition coefficient (Wildman–Crippen LogP) is 9.77. The molecule has 0 amide bonds. The van der Waals surface area contributed by atoms with Crippen LogP contribution in [0.3, 0.4) is 0 Å². The number of hydrogen-bond donors (Lipinski definition) is 0. The molecule has 6 atom stereocenters.